The third kappa shape index (κ3) is 4.78. The Kier molecular flexibility index (Phi) is 5.59. The summed E-state index contributed by atoms with van der Waals surface area (Å²) in [6.45, 7) is 2.62. The standard InChI is InChI=1S/C20H19N3OS/c1-2-24-19-9-7-18(8-10-19)23-20(25)22-17-5-3-15(4-6-17)16-11-13-21-14-12-16/h3-14H,2H2,1H3,(H2,22,23,25). The van der Waals surface area contributed by atoms with Crippen LogP contribution in [0.2, 0.25) is 0 Å². The fourth-order valence-corrected chi connectivity index (χ4v) is 2.62. The fraction of sp³-hybridized carbons (Fsp3) is 0.100. The minimum atomic E-state index is 0.542. The summed E-state index contributed by atoms with van der Waals surface area (Å²) in [6.07, 6.45) is 3.58. The first kappa shape index (κ1) is 16.9. The van der Waals surface area contributed by atoms with E-state index < -0.39 is 0 Å². The number of ether oxygens (including phenoxy) is 1. The van der Waals surface area contributed by atoms with E-state index in [1.54, 1.807) is 12.4 Å². The van der Waals surface area contributed by atoms with Gasteiger partial charge in [0.15, 0.2) is 5.11 Å². The Hall–Kier alpha value is -2.92. The SMILES string of the molecule is CCOc1ccc(NC(=S)Nc2ccc(-c3ccncc3)cc2)cc1. The van der Waals surface area contributed by atoms with E-state index in [1.165, 1.54) is 0 Å². The third-order valence-electron chi connectivity index (χ3n) is 3.58. The number of nitrogens with zero attached hydrogens (tertiary/aromatic N) is 1. The maximum Gasteiger partial charge on any atom is 0.175 e. The molecule has 0 fully saturated rings. The molecular formula is C20H19N3OS. The largest absolute Gasteiger partial charge is 0.494 e. The molecular weight excluding hydrogens is 330 g/mol. The molecule has 3 rings (SSSR count). The number of anilines is 2. The molecule has 0 saturated carbocycles. The molecule has 2 N–H and O–H groups in total. The zero-order valence-corrected chi connectivity index (χ0v) is 14.7. The van der Waals surface area contributed by atoms with Crippen LogP contribution in [0, 0.1) is 0 Å². The monoisotopic (exact) mass is 349 g/mol. The van der Waals surface area contributed by atoms with Crippen LogP contribution in [0.15, 0.2) is 73.1 Å². The van der Waals surface area contributed by atoms with Gasteiger partial charge in [-0.25, -0.2) is 0 Å². The van der Waals surface area contributed by atoms with E-state index >= 15 is 0 Å². The molecule has 25 heavy (non-hydrogen) atoms. The van der Waals surface area contributed by atoms with Gasteiger partial charge in [0.1, 0.15) is 5.75 Å². The molecule has 0 atom stereocenters. The van der Waals surface area contributed by atoms with Crippen molar-refractivity contribution in [1.29, 1.82) is 0 Å². The van der Waals surface area contributed by atoms with Crippen molar-refractivity contribution < 1.29 is 4.74 Å². The molecule has 126 valence electrons. The Labute approximate surface area is 152 Å². The van der Waals surface area contributed by atoms with Crippen LogP contribution in [0.3, 0.4) is 0 Å². The molecule has 0 spiro atoms. The zero-order chi connectivity index (χ0) is 17.5. The van der Waals surface area contributed by atoms with E-state index in [0.717, 1.165) is 28.3 Å². The van der Waals surface area contributed by atoms with Gasteiger partial charge in [-0.15, -0.1) is 0 Å². The lowest BCUT2D eigenvalue weighted by atomic mass is 10.1. The number of rotatable bonds is 5. The summed E-state index contributed by atoms with van der Waals surface area (Å²) in [6, 6.07) is 19.8. The first-order chi connectivity index (χ1) is 12.2. The number of thiocarbonyl (C=S) groups is 1. The van der Waals surface area contributed by atoms with Crippen molar-refractivity contribution in [3.8, 4) is 16.9 Å². The molecule has 2 aromatic carbocycles. The van der Waals surface area contributed by atoms with E-state index in [9.17, 15) is 0 Å². The number of nitrogens with one attached hydrogen (secondary N) is 2. The van der Waals surface area contributed by atoms with E-state index in [1.807, 2.05) is 55.5 Å². The van der Waals surface area contributed by atoms with Gasteiger partial charge in [0.05, 0.1) is 6.61 Å². The summed E-state index contributed by atoms with van der Waals surface area (Å²) in [5.41, 5.74) is 4.12. The van der Waals surface area contributed by atoms with Crippen molar-refractivity contribution in [3.63, 3.8) is 0 Å². The molecule has 0 aliphatic heterocycles. The van der Waals surface area contributed by atoms with Gasteiger partial charge < -0.3 is 15.4 Å². The fourth-order valence-electron chi connectivity index (χ4n) is 2.38. The predicted molar refractivity (Wildman–Crippen MR) is 107 cm³/mol. The second-order valence-corrected chi connectivity index (χ2v) is 5.76. The summed E-state index contributed by atoms with van der Waals surface area (Å²) >= 11 is 5.37. The van der Waals surface area contributed by atoms with Gasteiger partial charge in [-0.2, -0.15) is 0 Å². The number of benzene rings is 2. The molecule has 0 unspecified atom stereocenters. The highest BCUT2D eigenvalue weighted by molar-refractivity contribution is 7.80. The van der Waals surface area contributed by atoms with Crippen molar-refractivity contribution in [1.82, 2.24) is 4.98 Å². The summed E-state index contributed by atoms with van der Waals surface area (Å²) in [7, 11) is 0. The summed E-state index contributed by atoms with van der Waals surface area (Å²) in [4.78, 5) is 4.04. The van der Waals surface area contributed by atoms with Gasteiger partial charge in [0.2, 0.25) is 0 Å². The molecule has 5 heteroatoms. The smallest absolute Gasteiger partial charge is 0.175 e. The number of hydrogen-bond donors (Lipinski definition) is 2. The quantitative estimate of drug-likeness (QED) is 0.638. The van der Waals surface area contributed by atoms with E-state index in [0.29, 0.717) is 11.7 Å². The van der Waals surface area contributed by atoms with Crippen molar-refractivity contribution in [3.05, 3.63) is 73.1 Å². The highest BCUT2D eigenvalue weighted by atomic mass is 32.1. The molecule has 0 aliphatic carbocycles. The Morgan fingerprint density at radius 2 is 1.36 bits per heavy atom. The van der Waals surface area contributed by atoms with Gasteiger partial charge in [-0.05, 0) is 78.8 Å². The molecule has 1 aromatic heterocycles. The Bertz CT molecular complexity index is 818. The van der Waals surface area contributed by atoms with Gasteiger partial charge in [-0.3, -0.25) is 4.98 Å². The number of aromatic nitrogens is 1. The van der Waals surface area contributed by atoms with Crippen molar-refractivity contribution in [2.24, 2.45) is 0 Å². The first-order valence-electron chi connectivity index (χ1n) is 8.06. The minimum absolute atomic E-state index is 0.542. The van der Waals surface area contributed by atoms with Crippen molar-refractivity contribution >= 4 is 28.7 Å². The predicted octanol–water partition coefficient (Wildman–Crippen LogP) is 4.96. The van der Waals surface area contributed by atoms with E-state index in [-0.39, 0.29) is 0 Å². The highest BCUT2D eigenvalue weighted by Gasteiger charge is 2.01. The molecule has 1 heterocycles. The molecule has 4 nitrogen and oxygen atoms in total. The van der Waals surface area contributed by atoms with Crippen LogP contribution in [0.4, 0.5) is 11.4 Å². The second kappa shape index (κ2) is 8.26. The van der Waals surface area contributed by atoms with Gasteiger partial charge in [0, 0.05) is 23.8 Å². The molecule has 0 radical (unpaired) electrons. The van der Waals surface area contributed by atoms with Gasteiger partial charge >= 0.3 is 0 Å². The highest BCUT2D eigenvalue weighted by Crippen LogP contribution is 2.21. The first-order valence-corrected chi connectivity index (χ1v) is 8.47. The molecule has 0 saturated heterocycles. The lowest BCUT2D eigenvalue weighted by Gasteiger charge is -2.12. The summed E-state index contributed by atoms with van der Waals surface area (Å²) < 4.78 is 5.43. The van der Waals surface area contributed by atoms with Crippen LogP contribution in [0.5, 0.6) is 5.75 Å². The van der Waals surface area contributed by atoms with E-state index in [2.05, 4.69) is 27.8 Å². The van der Waals surface area contributed by atoms with Gasteiger partial charge in [0.25, 0.3) is 0 Å². The Morgan fingerprint density at radius 3 is 1.92 bits per heavy atom. The average Bonchev–Trinajstić information content (AvgIpc) is 2.65. The molecule has 0 amide bonds. The maximum absolute atomic E-state index is 5.43. The molecule has 0 aliphatic rings. The minimum Gasteiger partial charge on any atom is -0.494 e. The second-order valence-electron chi connectivity index (χ2n) is 5.35. The van der Waals surface area contributed by atoms with Crippen LogP contribution in [0.25, 0.3) is 11.1 Å². The summed E-state index contributed by atoms with van der Waals surface area (Å²) in [5, 5.41) is 6.89. The normalized spacial score (nSPS) is 10.1. The average molecular weight is 349 g/mol. The summed E-state index contributed by atoms with van der Waals surface area (Å²) in [5.74, 6) is 0.846. The van der Waals surface area contributed by atoms with Crippen LogP contribution >= 0.6 is 12.2 Å². The van der Waals surface area contributed by atoms with Crippen LogP contribution < -0.4 is 15.4 Å². The lowest BCUT2D eigenvalue weighted by molar-refractivity contribution is 0.340. The van der Waals surface area contributed by atoms with Crippen LogP contribution in [0.1, 0.15) is 6.92 Å². The van der Waals surface area contributed by atoms with Gasteiger partial charge in [-0.1, -0.05) is 12.1 Å². The lowest BCUT2D eigenvalue weighted by Crippen LogP contribution is -2.18. The number of hydrogen-bond acceptors (Lipinski definition) is 3. The Morgan fingerprint density at radius 1 is 0.840 bits per heavy atom. The van der Waals surface area contributed by atoms with Crippen LogP contribution in [-0.4, -0.2) is 16.7 Å². The third-order valence-corrected chi connectivity index (χ3v) is 3.78. The van der Waals surface area contributed by atoms with Crippen molar-refractivity contribution in [2.45, 2.75) is 6.92 Å². The molecule has 3 aromatic rings. The van der Waals surface area contributed by atoms with E-state index in [4.69, 9.17) is 17.0 Å². The molecule has 0 bridgehead atoms. The zero-order valence-electron chi connectivity index (χ0n) is 13.9. The topological polar surface area (TPSA) is 46.2 Å². The Balaban J connectivity index is 1.59. The maximum atomic E-state index is 5.43. The van der Waals surface area contributed by atoms with Crippen LogP contribution in [-0.2, 0) is 0 Å². The van der Waals surface area contributed by atoms with Crippen molar-refractivity contribution in [2.75, 3.05) is 17.2 Å². The number of pyridine rings is 1.